The molecule has 0 N–H and O–H groups in total. The number of allylic oxidation sites excluding steroid dienone is 6. The minimum Gasteiger partial charge on any atom is -0.256 e. The highest BCUT2D eigenvalue weighted by Crippen LogP contribution is 2.19. The van der Waals surface area contributed by atoms with E-state index in [-0.39, 0.29) is 0 Å². The first-order valence-electron chi connectivity index (χ1n) is 26.8. The first kappa shape index (κ1) is 53.8. The number of nitrogens with zero attached hydrogens (tertiary/aromatic N) is 1. The predicted molar refractivity (Wildman–Crippen MR) is 260 cm³/mol. The molecular weight excluding hydrogens is 687 g/mol. The average Bonchev–Trinajstić information content (AvgIpc) is 3.68. The zero-order valence-corrected chi connectivity index (χ0v) is 39.4. The molecular formula is C56H104N. The molecule has 1 heteroatoms. The summed E-state index contributed by atoms with van der Waals surface area (Å²) in [4.78, 5) is 0. The van der Waals surface area contributed by atoms with Gasteiger partial charge in [0.1, 0.15) is 0 Å². The Morgan fingerprint density at radius 2 is 0.526 bits per heavy atom. The molecule has 0 amide bonds. The second kappa shape index (κ2) is 47.4. The van der Waals surface area contributed by atoms with Gasteiger partial charge in [-0.2, -0.15) is 0 Å². The minimum atomic E-state index is 1.15. The van der Waals surface area contributed by atoms with Crippen LogP contribution in [0.5, 0.6) is 0 Å². The second-order valence-electron chi connectivity index (χ2n) is 18.5. The minimum absolute atomic E-state index is 1.15. The molecule has 1 nitrogen and oxygen atoms in total. The van der Waals surface area contributed by atoms with Crippen LogP contribution in [0, 0.1) is 0 Å². The van der Waals surface area contributed by atoms with Gasteiger partial charge in [-0.3, -0.25) is 5.32 Å². The van der Waals surface area contributed by atoms with Crippen molar-refractivity contribution in [2.75, 3.05) is 0 Å². The van der Waals surface area contributed by atoms with E-state index < -0.39 is 0 Å². The SMILES string of the molecule is CCCCCCCCCCCCCCCCCCCCCCCC/C=C/C1=C(/C=C/CCCCCCCCCCCCCCCCCCCCCCCC)[N]C=C1. The van der Waals surface area contributed by atoms with Crippen molar-refractivity contribution in [2.45, 2.75) is 309 Å². The first-order valence-corrected chi connectivity index (χ1v) is 26.8. The largest absolute Gasteiger partial charge is 0.256 e. The van der Waals surface area contributed by atoms with Crippen molar-refractivity contribution in [3.8, 4) is 0 Å². The fraction of sp³-hybridized carbons (Fsp3) is 0.857. The molecule has 57 heavy (non-hydrogen) atoms. The van der Waals surface area contributed by atoms with Crippen LogP contribution in [0.1, 0.15) is 309 Å². The maximum Gasteiger partial charge on any atom is 0.0699 e. The average molecular weight is 791 g/mol. The van der Waals surface area contributed by atoms with Gasteiger partial charge >= 0.3 is 0 Å². The van der Waals surface area contributed by atoms with E-state index in [1.807, 2.05) is 6.20 Å². The quantitative estimate of drug-likeness (QED) is 0.0545. The third kappa shape index (κ3) is 41.3. The Hall–Kier alpha value is -1.24. The Bertz CT molecular complexity index is 891. The van der Waals surface area contributed by atoms with Crippen molar-refractivity contribution in [1.82, 2.24) is 5.32 Å². The molecule has 1 aliphatic heterocycles. The van der Waals surface area contributed by atoms with Gasteiger partial charge < -0.3 is 0 Å². The van der Waals surface area contributed by atoms with Crippen LogP contribution >= 0.6 is 0 Å². The van der Waals surface area contributed by atoms with E-state index in [0.29, 0.717) is 0 Å². The van der Waals surface area contributed by atoms with E-state index in [1.54, 1.807) is 0 Å². The Morgan fingerprint density at radius 3 is 0.789 bits per heavy atom. The van der Waals surface area contributed by atoms with Crippen LogP contribution in [-0.2, 0) is 0 Å². The molecule has 333 valence electrons. The van der Waals surface area contributed by atoms with Gasteiger partial charge in [-0.1, -0.05) is 302 Å². The van der Waals surface area contributed by atoms with E-state index in [9.17, 15) is 0 Å². The van der Waals surface area contributed by atoms with Gasteiger partial charge in [0.15, 0.2) is 0 Å². The predicted octanol–water partition coefficient (Wildman–Crippen LogP) is 20.5. The first-order chi connectivity index (χ1) is 28.4. The molecule has 1 radical (unpaired) electrons. The van der Waals surface area contributed by atoms with E-state index in [2.05, 4.69) is 49.5 Å². The molecule has 1 rings (SSSR count). The summed E-state index contributed by atoms with van der Waals surface area (Å²) in [7, 11) is 0. The topological polar surface area (TPSA) is 14.1 Å². The lowest BCUT2D eigenvalue weighted by Crippen LogP contribution is -1.89. The summed E-state index contributed by atoms with van der Waals surface area (Å²) in [6, 6.07) is 0. The molecule has 0 aliphatic carbocycles. The number of unbranched alkanes of at least 4 members (excludes halogenated alkanes) is 44. The van der Waals surface area contributed by atoms with Crippen LogP contribution in [0.15, 0.2) is 47.9 Å². The third-order valence-corrected chi connectivity index (χ3v) is 12.8. The lowest BCUT2D eigenvalue weighted by atomic mass is 10.0. The Kier molecular flexibility index (Phi) is 44.8. The lowest BCUT2D eigenvalue weighted by Gasteiger charge is -2.04. The summed E-state index contributed by atoms with van der Waals surface area (Å²) in [5.74, 6) is 0. The molecule has 1 heterocycles. The van der Waals surface area contributed by atoms with Gasteiger partial charge in [-0.05, 0) is 37.8 Å². The molecule has 0 bridgehead atoms. The molecule has 0 aromatic rings. The summed E-state index contributed by atoms with van der Waals surface area (Å²) < 4.78 is 0. The molecule has 0 saturated carbocycles. The lowest BCUT2D eigenvalue weighted by molar-refractivity contribution is 0.519. The molecule has 1 aliphatic rings. The van der Waals surface area contributed by atoms with Gasteiger partial charge in [0.2, 0.25) is 0 Å². The van der Waals surface area contributed by atoms with Crippen molar-refractivity contribution in [3.63, 3.8) is 0 Å². The monoisotopic (exact) mass is 791 g/mol. The van der Waals surface area contributed by atoms with Crippen molar-refractivity contribution in [2.24, 2.45) is 0 Å². The number of rotatable bonds is 48. The fourth-order valence-corrected chi connectivity index (χ4v) is 8.79. The zero-order chi connectivity index (χ0) is 40.6. The fourth-order valence-electron chi connectivity index (χ4n) is 8.79. The van der Waals surface area contributed by atoms with Gasteiger partial charge in [-0.25, -0.2) is 0 Å². The van der Waals surface area contributed by atoms with Gasteiger partial charge in [0.05, 0.1) is 5.70 Å². The van der Waals surface area contributed by atoms with Crippen LogP contribution in [0.25, 0.3) is 0 Å². The summed E-state index contributed by atoms with van der Waals surface area (Å²) >= 11 is 0. The molecule has 0 aromatic carbocycles. The van der Waals surface area contributed by atoms with Crippen LogP contribution in [0.3, 0.4) is 0 Å². The second-order valence-corrected chi connectivity index (χ2v) is 18.5. The van der Waals surface area contributed by atoms with Crippen LogP contribution in [0.2, 0.25) is 0 Å². The highest BCUT2D eigenvalue weighted by Gasteiger charge is 2.04. The van der Waals surface area contributed by atoms with Crippen LogP contribution < -0.4 is 5.32 Å². The van der Waals surface area contributed by atoms with Crippen molar-refractivity contribution in [1.29, 1.82) is 0 Å². The normalized spacial score (nSPS) is 13.0. The highest BCUT2D eigenvalue weighted by molar-refractivity contribution is 5.44. The van der Waals surface area contributed by atoms with Gasteiger partial charge in [0, 0.05) is 11.8 Å². The highest BCUT2D eigenvalue weighted by atomic mass is 14.9. The molecule has 0 unspecified atom stereocenters. The van der Waals surface area contributed by atoms with Gasteiger partial charge in [-0.15, -0.1) is 0 Å². The molecule has 0 saturated heterocycles. The smallest absolute Gasteiger partial charge is 0.0699 e. The summed E-state index contributed by atoms with van der Waals surface area (Å²) in [6.07, 6.45) is 79.7. The summed E-state index contributed by atoms with van der Waals surface area (Å²) in [5, 5.41) is 4.62. The Labute approximate surface area is 361 Å². The number of hydrogen-bond acceptors (Lipinski definition) is 0. The Morgan fingerprint density at radius 1 is 0.298 bits per heavy atom. The van der Waals surface area contributed by atoms with E-state index in [4.69, 9.17) is 0 Å². The van der Waals surface area contributed by atoms with E-state index >= 15 is 0 Å². The Balaban J connectivity index is 1.81. The van der Waals surface area contributed by atoms with Crippen molar-refractivity contribution in [3.05, 3.63) is 47.9 Å². The maximum atomic E-state index is 4.62. The molecule has 0 aromatic heterocycles. The third-order valence-electron chi connectivity index (χ3n) is 12.8. The van der Waals surface area contributed by atoms with Crippen LogP contribution in [0.4, 0.5) is 0 Å². The molecule has 0 fully saturated rings. The standard InChI is InChI=1S/C56H104N/c1-3-5-7-9-11-13-15-17-19-21-23-25-27-29-31-33-35-37-39-41-43-45-47-49-51-55-53-54-57-56(55)52-50-48-46-44-42-40-38-36-34-32-30-28-26-24-22-20-18-16-14-12-10-8-6-4-2/h49-54H,3-48H2,1-2H3/b51-49+,52-50+. The van der Waals surface area contributed by atoms with Crippen molar-refractivity contribution >= 4 is 0 Å². The summed E-state index contributed by atoms with van der Waals surface area (Å²) in [5.41, 5.74) is 2.44. The van der Waals surface area contributed by atoms with Crippen molar-refractivity contribution < 1.29 is 0 Å². The van der Waals surface area contributed by atoms with E-state index in [1.165, 1.54) is 301 Å². The van der Waals surface area contributed by atoms with Crippen LogP contribution in [-0.4, -0.2) is 0 Å². The summed E-state index contributed by atoms with van der Waals surface area (Å²) in [6.45, 7) is 4.62. The van der Waals surface area contributed by atoms with Gasteiger partial charge in [0.25, 0.3) is 0 Å². The maximum absolute atomic E-state index is 4.62. The van der Waals surface area contributed by atoms with E-state index in [0.717, 1.165) is 5.70 Å². The zero-order valence-electron chi connectivity index (χ0n) is 39.4. The molecule has 0 spiro atoms. The number of hydrogen-bond donors (Lipinski definition) is 0. The molecule has 0 atom stereocenters.